The largest absolute Gasteiger partial charge is 0.474 e. The molecule has 0 amide bonds. The first-order chi connectivity index (χ1) is 12.5. The van der Waals surface area contributed by atoms with Crippen LogP contribution in [0.1, 0.15) is 91.9 Å². The molecule has 0 spiro atoms. The third-order valence-electron chi connectivity index (χ3n) is 4.80. The molecular formula is C20H42ClO4P. The van der Waals surface area contributed by atoms with Crippen LogP contribution >= 0.6 is 19.4 Å². The molecular weight excluding hydrogens is 371 g/mol. The first-order valence-corrected chi connectivity index (χ1v) is 12.6. The molecule has 0 aromatic carbocycles. The summed E-state index contributed by atoms with van der Waals surface area (Å²) in [5.41, 5.74) is 0. The van der Waals surface area contributed by atoms with Crippen LogP contribution in [0.4, 0.5) is 0 Å². The monoisotopic (exact) mass is 412 g/mol. The third kappa shape index (κ3) is 13.6. The molecule has 0 radical (unpaired) electrons. The van der Waals surface area contributed by atoms with Crippen molar-refractivity contribution in [2.75, 3.05) is 25.7 Å². The highest BCUT2D eigenvalue weighted by atomic mass is 35.5. The number of rotatable bonds is 19. The van der Waals surface area contributed by atoms with Crippen LogP contribution in [0.15, 0.2) is 0 Å². The first-order valence-electron chi connectivity index (χ1n) is 10.6. The van der Waals surface area contributed by atoms with Crippen LogP contribution in [0.5, 0.6) is 0 Å². The Morgan fingerprint density at radius 2 is 1.27 bits per heavy atom. The quantitative estimate of drug-likeness (QED) is 0.124. The van der Waals surface area contributed by atoms with Gasteiger partial charge in [-0.3, -0.25) is 13.6 Å². The average molecular weight is 413 g/mol. The lowest BCUT2D eigenvalue weighted by atomic mass is 10.0. The lowest BCUT2D eigenvalue weighted by molar-refractivity contribution is 0.0835. The van der Waals surface area contributed by atoms with E-state index in [9.17, 15) is 4.57 Å². The van der Waals surface area contributed by atoms with E-state index in [4.69, 9.17) is 25.2 Å². The molecule has 2 atom stereocenters. The minimum Gasteiger partial charge on any atom is -0.287 e. The van der Waals surface area contributed by atoms with Gasteiger partial charge in [-0.05, 0) is 37.5 Å². The fourth-order valence-corrected chi connectivity index (χ4v) is 4.23. The first kappa shape index (κ1) is 26.4. The zero-order valence-corrected chi connectivity index (χ0v) is 19.2. The van der Waals surface area contributed by atoms with Crippen LogP contribution in [-0.4, -0.2) is 25.7 Å². The van der Waals surface area contributed by atoms with E-state index in [1.807, 2.05) is 0 Å². The molecule has 0 bridgehead atoms. The van der Waals surface area contributed by atoms with Gasteiger partial charge in [0.2, 0.25) is 0 Å². The van der Waals surface area contributed by atoms with Gasteiger partial charge in [0, 0.05) is 5.88 Å². The summed E-state index contributed by atoms with van der Waals surface area (Å²) in [6.45, 7) is 9.90. The molecule has 0 aliphatic heterocycles. The van der Waals surface area contributed by atoms with Gasteiger partial charge < -0.3 is 0 Å². The summed E-state index contributed by atoms with van der Waals surface area (Å²) in [5.74, 6) is 1.39. The Kier molecular flexibility index (Phi) is 17.8. The van der Waals surface area contributed by atoms with Crippen LogP contribution in [-0.2, 0) is 18.1 Å². The van der Waals surface area contributed by atoms with E-state index in [2.05, 4.69) is 27.7 Å². The summed E-state index contributed by atoms with van der Waals surface area (Å²) in [6, 6.07) is 0. The molecule has 0 heterocycles. The maximum atomic E-state index is 13.1. The lowest BCUT2D eigenvalue weighted by Crippen LogP contribution is -2.14. The van der Waals surface area contributed by atoms with E-state index in [-0.39, 0.29) is 0 Å². The van der Waals surface area contributed by atoms with E-state index in [1.165, 1.54) is 12.8 Å². The smallest absolute Gasteiger partial charge is 0.287 e. The van der Waals surface area contributed by atoms with Gasteiger partial charge in [-0.25, -0.2) is 4.57 Å². The summed E-state index contributed by atoms with van der Waals surface area (Å²) in [6.07, 6.45) is 10.5. The predicted molar refractivity (Wildman–Crippen MR) is 112 cm³/mol. The van der Waals surface area contributed by atoms with E-state index >= 15 is 0 Å². The second-order valence-corrected chi connectivity index (χ2v) is 9.15. The molecule has 26 heavy (non-hydrogen) atoms. The summed E-state index contributed by atoms with van der Waals surface area (Å²) >= 11 is 5.70. The molecule has 0 saturated carbocycles. The topological polar surface area (TPSA) is 44.8 Å². The molecule has 0 fully saturated rings. The molecule has 4 nitrogen and oxygen atoms in total. The Balaban J connectivity index is 4.63. The van der Waals surface area contributed by atoms with Gasteiger partial charge in [-0.2, -0.15) is 0 Å². The van der Waals surface area contributed by atoms with E-state index in [0.29, 0.717) is 37.5 Å². The summed E-state index contributed by atoms with van der Waals surface area (Å²) < 4.78 is 30.1. The van der Waals surface area contributed by atoms with Gasteiger partial charge >= 0.3 is 7.82 Å². The van der Waals surface area contributed by atoms with Crippen LogP contribution in [0.25, 0.3) is 0 Å². The van der Waals surface area contributed by atoms with Crippen LogP contribution in [0.2, 0.25) is 0 Å². The maximum Gasteiger partial charge on any atom is 0.474 e. The van der Waals surface area contributed by atoms with Crippen LogP contribution in [0, 0.1) is 11.8 Å². The number of phosphoric acid groups is 1. The summed E-state index contributed by atoms with van der Waals surface area (Å²) in [7, 11) is -3.50. The van der Waals surface area contributed by atoms with Crippen molar-refractivity contribution in [3.8, 4) is 0 Å². The highest BCUT2D eigenvalue weighted by Crippen LogP contribution is 2.50. The van der Waals surface area contributed by atoms with Gasteiger partial charge in [0.1, 0.15) is 0 Å². The lowest BCUT2D eigenvalue weighted by Gasteiger charge is -2.23. The Morgan fingerprint density at radius 3 is 1.65 bits per heavy atom. The number of phosphoric ester groups is 1. The zero-order valence-electron chi connectivity index (χ0n) is 17.5. The fourth-order valence-electron chi connectivity index (χ4n) is 2.67. The minimum absolute atomic E-state index is 0.363. The molecule has 2 unspecified atom stereocenters. The van der Waals surface area contributed by atoms with Crippen LogP contribution in [0.3, 0.4) is 0 Å². The minimum atomic E-state index is -3.50. The molecule has 0 aromatic rings. The SMILES string of the molecule is CCCCC(CC)COP(=O)(OCCCCCl)OCC(CC)CCCC. The number of hydrogen-bond acceptors (Lipinski definition) is 4. The van der Waals surface area contributed by atoms with Crippen molar-refractivity contribution < 1.29 is 18.1 Å². The Bertz CT molecular complexity index is 331. The van der Waals surface area contributed by atoms with Crippen molar-refractivity contribution in [3.63, 3.8) is 0 Å². The molecule has 6 heteroatoms. The zero-order chi connectivity index (χ0) is 19.7. The number of alkyl halides is 1. The van der Waals surface area contributed by atoms with Gasteiger partial charge in [-0.15, -0.1) is 11.6 Å². The van der Waals surface area contributed by atoms with Crippen molar-refractivity contribution in [3.05, 3.63) is 0 Å². The number of unbranched alkanes of at least 4 members (excludes halogenated alkanes) is 3. The van der Waals surface area contributed by atoms with Gasteiger partial charge in [0.05, 0.1) is 19.8 Å². The van der Waals surface area contributed by atoms with E-state index in [0.717, 1.165) is 51.4 Å². The fraction of sp³-hybridized carbons (Fsp3) is 1.00. The summed E-state index contributed by atoms with van der Waals surface area (Å²) in [4.78, 5) is 0. The summed E-state index contributed by atoms with van der Waals surface area (Å²) in [5, 5.41) is 0. The molecule has 0 aliphatic rings. The molecule has 0 aliphatic carbocycles. The molecule has 0 saturated heterocycles. The molecule has 0 N–H and O–H groups in total. The van der Waals surface area contributed by atoms with Gasteiger partial charge in [0.15, 0.2) is 0 Å². The number of halogens is 1. The highest BCUT2D eigenvalue weighted by molar-refractivity contribution is 7.48. The highest BCUT2D eigenvalue weighted by Gasteiger charge is 2.29. The van der Waals surface area contributed by atoms with E-state index < -0.39 is 7.82 Å². The second kappa shape index (κ2) is 17.5. The van der Waals surface area contributed by atoms with Crippen molar-refractivity contribution in [2.45, 2.75) is 91.9 Å². The molecule has 158 valence electrons. The number of hydrogen-bond donors (Lipinski definition) is 0. The van der Waals surface area contributed by atoms with Crippen molar-refractivity contribution in [2.24, 2.45) is 11.8 Å². The Hall–Kier alpha value is 0.400. The van der Waals surface area contributed by atoms with Gasteiger partial charge in [0.25, 0.3) is 0 Å². The van der Waals surface area contributed by atoms with Crippen LogP contribution < -0.4 is 0 Å². The van der Waals surface area contributed by atoms with Crippen molar-refractivity contribution >= 4 is 19.4 Å². The normalized spacial score (nSPS) is 16.3. The van der Waals surface area contributed by atoms with Crippen molar-refractivity contribution in [1.82, 2.24) is 0 Å². The Morgan fingerprint density at radius 1 is 0.769 bits per heavy atom. The van der Waals surface area contributed by atoms with Crippen molar-refractivity contribution in [1.29, 1.82) is 0 Å². The Labute approximate surface area is 167 Å². The standard InChI is InChI=1S/C20H42ClO4P/c1-5-9-13-19(7-3)17-24-26(22,23-16-12-11-15-21)25-18-20(8-4)14-10-6-2/h19-20H,5-18H2,1-4H3. The molecule has 0 aromatic heterocycles. The average Bonchev–Trinajstić information content (AvgIpc) is 2.66. The van der Waals surface area contributed by atoms with Gasteiger partial charge in [-0.1, -0.05) is 66.2 Å². The third-order valence-corrected chi connectivity index (χ3v) is 6.50. The van der Waals surface area contributed by atoms with E-state index in [1.54, 1.807) is 0 Å². The predicted octanol–water partition coefficient (Wildman–Crippen LogP) is 7.60. The maximum absolute atomic E-state index is 13.1. The molecule has 0 rings (SSSR count). The second-order valence-electron chi connectivity index (χ2n) is 7.10.